The molecule has 0 aliphatic heterocycles. The first-order chi connectivity index (χ1) is 17.4. The van der Waals surface area contributed by atoms with E-state index in [0.717, 1.165) is 22.6 Å². The smallest absolute Gasteiger partial charge is 0.177 e. The van der Waals surface area contributed by atoms with E-state index in [4.69, 9.17) is 4.98 Å². The number of allylic oxidation sites excluding steroid dienone is 4. The van der Waals surface area contributed by atoms with E-state index in [1.54, 1.807) is 30.5 Å². The van der Waals surface area contributed by atoms with Crippen LogP contribution >= 0.6 is 11.3 Å². The van der Waals surface area contributed by atoms with Crippen molar-refractivity contribution in [3.63, 3.8) is 0 Å². The highest BCUT2D eigenvalue weighted by Crippen LogP contribution is 2.34. The average molecular weight is 503 g/mol. The maximum atomic E-state index is 15.2. The maximum absolute atomic E-state index is 15.2. The number of hydrogen-bond donors (Lipinski definition) is 3. The van der Waals surface area contributed by atoms with Gasteiger partial charge in [-0.1, -0.05) is 12.7 Å². The first kappa shape index (κ1) is 23.6. The Hall–Kier alpha value is -4.11. The van der Waals surface area contributed by atoms with Crippen LogP contribution < -0.4 is 5.32 Å². The van der Waals surface area contributed by atoms with Gasteiger partial charge in [0.1, 0.15) is 22.7 Å². The number of imidazole rings is 1. The Morgan fingerprint density at radius 2 is 1.97 bits per heavy atom. The van der Waals surface area contributed by atoms with Gasteiger partial charge in [-0.05, 0) is 62.8 Å². The monoisotopic (exact) mass is 502 g/mol. The number of nitrogens with one attached hydrogen (secondary N) is 3. The number of aromatic amines is 2. The lowest BCUT2D eigenvalue weighted by atomic mass is 10.0. The van der Waals surface area contributed by atoms with Gasteiger partial charge in [0.15, 0.2) is 11.0 Å². The van der Waals surface area contributed by atoms with Crippen LogP contribution in [0.15, 0.2) is 67.0 Å². The standard InChI is InChI=1S/C27H24F2N6S/c1-5-15(11-16(6-2)31-14(3)4)17-12-18-21(13-19(17)28)34-35-24(18)27-32-20-9-10-30-26(25(20)33-27)22-7-8-23(29)36-22/h5-14,31H,2H2,1,3-4H3,(H,32,33)(H,34,35)/b15-5+,16-11+. The minimum Gasteiger partial charge on any atom is -0.383 e. The number of hydrogen-bond acceptors (Lipinski definition) is 5. The SMILES string of the molecule is C=C/C(=C\C(=C/C)c1cc2c(-c3nc4c(-c5ccc(F)s5)nccc4[nH]3)n[nH]c2cc1F)NC(C)C. The Morgan fingerprint density at radius 1 is 1.14 bits per heavy atom. The van der Waals surface area contributed by atoms with E-state index in [1.165, 1.54) is 12.1 Å². The fourth-order valence-corrected chi connectivity index (χ4v) is 4.81. The molecule has 0 saturated carbocycles. The van der Waals surface area contributed by atoms with E-state index < -0.39 is 0 Å². The average Bonchev–Trinajstić information content (AvgIpc) is 3.58. The number of rotatable bonds is 7. The Labute approximate surface area is 210 Å². The summed E-state index contributed by atoms with van der Waals surface area (Å²) >= 11 is 1.01. The van der Waals surface area contributed by atoms with Crippen molar-refractivity contribution in [2.45, 2.75) is 26.8 Å². The lowest BCUT2D eigenvalue weighted by Gasteiger charge is -2.12. The summed E-state index contributed by atoms with van der Waals surface area (Å²) < 4.78 is 28.8. The summed E-state index contributed by atoms with van der Waals surface area (Å²) in [4.78, 5) is 13.1. The largest absolute Gasteiger partial charge is 0.383 e. The molecular formula is C27H24F2N6S. The number of aromatic nitrogens is 5. The van der Waals surface area contributed by atoms with Gasteiger partial charge in [0.2, 0.25) is 0 Å². The van der Waals surface area contributed by atoms with Crippen molar-refractivity contribution in [2.24, 2.45) is 0 Å². The topological polar surface area (TPSA) is 82.3 Å². The van der Waals surface area contributed by atoms with Crippen LogP contribution in [-0.2, 0) is 0 Å². The van der Waals surface area contributed by atoms with Crippen LogP contribution in [0.2, 0.25) is 0 Å². The van der Waals surface area contributed by atoms with Crippen molar-refractivity contribution >= 4 is 38.8 Å². The zero-order valence-electron chi connectivity index (χ0n) is 20.0. The minimum absolute atomic E-state index is 0.207. The summed E-state index contributed by atoms with van der Waals surface area (Å²) in [6.07, 6.45) is 7.09. The summed E-state index contributed by atoms with van der Waals surface area (Å²) in [5.41, 5.74) is 4.99. The molecule has 5 aromatic rings. The molecule has 0 unspecified atom stereocenters. The maximum Gasteiger partial charge on any atom is 0.177 e. The van der Waals surface area contributed by atoms with Crippen LogP contribution in [0.1, 0.15) is 26.3 Å². The van der Waals surface area contributed by atoms with Gasteiger partial charge in [-0.25, -0.2) is 9.37 Å². The van der Waals surface area contributed by atoms with Crippen molar-refractivity contribution in [2.75, 3.05) is 0 Å². The van der Waals surface area contributed by atoms with Gasteiger partial charge in [0, 0.05) is 35.0 Å². The molecule has 0 amide bonds. The highest BCUT2D eigenvalue weighted by molar-refractivity contribution is 7.13. The number of pyridine rings is 1. The van der Waals surface area contributed by atoms with Crippen molar-refractivity contribution in [3.8, 4) is 22.1 Å². The Morgan fingerprint density at radius 3 is 2.67 bits per heavy atom. The lowest BCUT2D eigenvalue weighted by molar-refractivity contribution is 0.626. The summed E-state index contributed by atoms with van der Waals surface area (Å²) in [5.74, 6) is 0.136. The molecule has 6 nitrogen and oxygen atoms in total. The van der Waals surface area contributed by atoms with Gasteiger partial charge in [0.05, 0.1) is 15.9 Å². The molecule has 0 aliphatic rings. The summed E-state index contributed by atoms with van der Waals surface area (Å²) in [6, 6.07) is 8.32. The van der Waals surface area contributed by atoms with Crippen molar-refractivity contribution in [1.29, 1.82) is 0 Å². The molecular weight excluding hydrogens is 478 g/mol. The van der Waals surface area contributed by atoms with Crippen LogP contribution in [0.3, 0.4) is 0 Å². The molecule has 1 aromatic carbocycles. The first-order valence-corrected chi connectivity index (χ1v) is 12.3. The molecule has 0 atom stereocenters. The van der Waals surface area contributed by atoms with Crippen molar-refractivity contribution in [1.82, 2.24) is 30.5 Å². The van der Waals surface area contributed by atoms with E-state index in [-0.39, 0.29) is 17.0 Å². The zero-order valence-corrected chi connectivity index (χ0v) is 20.8. The molecule has 0 bridgehead atoms. The highest BCUT2D eigenvalue weighted by Gasteiger charge is 2.19. The molecule has 0 radical (unpaired) electrons. The van der Waals surface area contributed by atoms with Crippen LogP contribution in [0.4, 0.5) is 8.78 Å². The molecule has 5 rings (SSSR count). The van der Waals surface area contributed by atoms with Crippen LogP contribution in [0.25, 0.3) is 49.6 Å². The van der Waals surface area contributed by atoms with Gasteiger partial charge in [0.25, 0.3) is 0 Å². The molecule has 4 heterocycles. The number of H-pyrrole nitrogens is 2. The molecule has 0 aliphatic carbocycles. The highest BCUT2D eigenvalue weighted by atomic mass is 32.1. The van der Waals surface area contributed by atoms with E-state index in [1.807, 2.05) is 32.9 Å². The third kappa shape index (κ3) is 4.33. The number of thiophene rings is 1. The second kappa shape index (κ2) is 9.50. The van der Waals surface area contributed by atoms with Gasteiger partial charge < -0.3 is 10.3 Å². The van der Waals surface area contributed by atoms with Crippen LogP contribution in [0.5, 0.6) is 0 Å². The summed E-state index contributed by atoms with van der Waals surface area (Å²) in [7, 11) is 0. The fraction of sp³-hybridized carbons (Fsp3) is 0.148. The molecule has 0 spiro atoms. The number of nitrogens with zero attached hydrogens (tertiary/aromatic N) is 3. The van der Waals surface area contributed by atoms with Crippen LogP contribution in [-0.4, -0.2) is 31.2 Å². The molecule has 3 N–H and O–H groups in total. The molecule has 0 fully saturated rings. The second-order valence-corrected chi connectivity index (χ2v) is 9.58. The lowest BCUT2D eigenvalue weighted by Crippen LogP contribution is -2.20. The molecule has 4 aromatic heterocycles. The predicted octanol–water partition coefficient (Wildman–Crippen LogP) is 6.98. The number of halogens is 2. The molecule has 182 valence electrons. The predicted molar refractivity (Wildman–Crippen MR) is 142 cm³/mol. The fourth-order valence-electron chi connectivity index (χ4n) is 4.09. The molecule has 0 saturated heterocycles. The van der Waals surface area contributed by atoms with Crippen LogP contribution in [0, 0.1) is 10.9 Å². The van der Waals surface area contributed by atoms with Gasteiger partial charge in [-0.15, -0.1) is 11.3 Å². The first-order valence-electron chi connectivity index (χ1n) is 11.4. The second-order valence-electron chi connectivity index (χ2n) is 8.54. The third-order valence-electron chi connectivity index (χ3n) is 5.69. The quantitative estimate of drug-likeness (QED) is 0.210. The van der Waals surface area contributed by atoms with Crippen molar-refractivity contribution < 1.29 is 8.78 Å². The summed E-state index contributed by atoms with van der Waals surface area (Å²) in [5, 5.41) is 11.1. The van der Waals surface area contributed by atoms with E-state index >= 15 is 4.39 Å². The molecule has 9 heteroatoms. The molecule has 36 heavy (non-hydrogen) atoms. The Balaban J connectivity index is 1.62. The minimum atomic E-state index is -0.370. The number of benzene rings is 1. The van der Waals surface area contributed by atoms with Crippen molar-refractivity contribution in [3.05, 3.63) is 83.5 Å². The van der Waals surface area contributed by atoms with E-state index in [2.05, 4.69) is 32.1 Å². The zero-order chi connectivity index (χ0) is 25.4. The normalized spacial score (nSPS) is 12.7. The van der Waals surface area contributed by atoms with Gasteiger partial charge in [-0.3, -0.25) is 10.1 Å². The van der Waals surface area contributed by atoms with Gasteiger partial charge in [-0.2, -0.15) is 9.49 Å². The Bertz CT molecular complexity index is 1650. The third-order valence-corrected chi connectivity index (χ3v) is 6.57. The summed E-state index contributed by atoms with van der Waals surface area (Å²) in [6.45, 7) is 9.78. The van der Waals surface area contributed by atoms with E-state index in [9.17, 15) is 4.39 Å². The Kier molecular flexibility index (Phi) is 6.24. The number of fused-ring (bicyclic) bond motifs is 2. The van der Waals surface area contributed by atoms with E-state index in [0.29, 0.717) is 49.6 Å². The van der Waals surface area contributed by atoms with Gasteiger partial charge >= 0.3 is 0 Å².